The van der Waals surface area contributed by atoms with Crippen LogP contribution in [0.3, 0.4) is 0 Å². The predicted molar refractivity (Wildman–Crippen MR) is 55.2 cm³/mol. The van der Waals surface area contributed by atoms with Gasteiger partial charge in [-0.2, -0.15) is 0 Å². The molecule has 3 rings (SSSR count). The first-order valence-electron chi connectivity index (χ1n) is 5.40. The lowest BCUT2D eigenvalue weighted by Gasteiger charge is -2.19. The molecule has 0 spiro atoms. The number of benzene rings is 1. The number of alkyl halides is 2. The summed E-state index contributed by atoms with van der Waals surface area (Å²) in [6, 6.07) is 5.38. The molecule has 1 aromatic rings. The Morgan fingerprint density at radius 2 is 2.00 bits per heavy atom. The molecule has 0 bridgehead atoms. The van der Waals surface area contributed by atoms with Crippen molar-refractivity contribution in [2.45, 2.75) is 30.9 Å². The first-order valence-corrected chi connectivity index (χ1v) is 5.40. The van der Waals surface area contributed by atoms with Gasteiger partial charge in [-0.05, 0) is 23.1 Å². The normalized spacial score (nSPS) is 30.9. The summed E-state index contributed by atoms with van der Waals surface area (Å²) in [4.78, 5) is 0. The maximum Gasteiger partial charge on any atom is 0.272 e. The van der Waals surface area contributed by atoms with Gasteiger partial charge in [0, 0.05) is 6.42 Å². The Kier molecular flexibility index (Phi) is 1.92. The Bertz CT molecular complexity index is 447. The Balaban J connectivity index is 1.99. The fourth-order valence-electron chi connectivity index (χ4n) is 2.26. The van der Waals surface area contributed by atoms with Crippen LogP contribution < -0.4 is 5.73 Å². The number of ether oxygens (including phenoxy) is 1. The molecule has 16 heavy (non-hydrogen) atoms. The molecule has 1 unspecified atom stereocenters. The fourth-order valence-corrected chi connectivity index (χ4v) is 2.26. The van der Waals surface area contributed by atoms with Crippen LogP contribution in [0.2, 0.25) is 0 Å². The lowest BCUT2D eigenvalue weighted by Crippen LogP contribution is -2.27. The molecule has 1 aliphatic carbocycles. The third kappa shape index (κ3) is 1.30. The highest BCUT2D eigenvalue weighted by atomic mass is 19.3. The molecule has 1 aromatic carbocycles. The van der Waals surface area contributed by atoms with Crippen LogP contribution in [-0.4, -0.2) is 12.5 Å². The van der Waals surface area contributed by atoms with Gasteiger partial charge in [-0.15, -0.1) is 0 Å². The SMILES string of the molecule is NC1(c2ccc3c(c2)CCOC3)CC1(F)F. The molecular formula is C12H13F2NO. The number of rotatable bonds is 1. The topological polar surface area (TPSA) is 35.2 Å². The summed E-state index contributed by atoms with van der Waals surface area (Å²) < 4.78 is 31.6. The smallest absolute Gasteiger partial charge is 0.272 e. The number of nitrogens with two attached hydrogens (primary N) is 1. The van der Waals surface area contributed by atoms with Crippen molar-refractivity contribution in [1.82, 2.24) is 0 Å². The zero-order valence-electron chi connectivity index (χ0n) is 8.80. The summed E-state index contributed by atoms with van der Waals surface area (Å²) in [5, 5.41) is 0. The van der Waals surface area contributed by atoms with Crippen LogP contribution in [0.5, 0.6) is 0 Å². The highest BCUT2D eigenvalue weighted by molar-refractivity contribution is 5.42. The van der Waals surface area contributed by atoms with Crippen molar-refractivity contribution in [2.75, 3.05) is 6.61 Å². The van der Waals surface area contributed by atoms with Crippen LogP contribution in [-0.2, 0) is 23.3 Å². The van der Waals surface area contributed by atoms with Crippen LogP contribution in [0.25, 0.3) is 0 Å². The molecule has 1 atom stereocenters. The molecule has 1 aliphatic heterocycles. The van der Waals surface area contributed by atoms with E-state index < -0.39 is 11.5 Å². The van der Waals surface area contributed by atoms with Crippen molar-refractivity contribution in [2.24, 2.45) is 5.73 Å². The quantitative estimate of drug-likeness (QED) is 0.792. The summed E-state index contributed by atoms with van der Waals surface area (Å²) in [7, 11) is 0. The van der Waals surface area contributed by atoms with Crippen LogP contribution in [0.4, 0.5) is 8.78 Å². The second kappa shape index (κ2) is 3.02. The van der Waals surface area contributed by atoms with Gasteiger partial charge in [0.25, 0.3) is 5.92 Å². The molecule has 0 amide bonds. The van der Waals surface area contributed by atoms with Crippen LogP contribution >= 0.6 is 0 Å². The molecule has 2 N–H and O–H groups in total. The van der Waals surface area contributed by atoms with Crippen molar-refractivity contribution < 1.29 is 13.5 Å². The molecule has 2 aliphatic rings. The molecule has 1 heterocycles. The van der Waals surface area contributed by atoms with Gasteiger partial charge in [-0.25, -0.2) is 8.78 Å². The van der Waals surface area contributed by atoms with E-state index in [9.17, 15) is 8.78 Å². The zero-order valence-corrected chi connectivity index (χ0v) is 8.80. The van der Waals surface area contributed by atoms with Gasteiger partial charge in [-0.3, -0.25) is 0 Å². The minimum Gasteiger partial charge on any atom is -0.376 e. The first-order chi connectivity index (χ1) is 7.53. The third-order valence-electron chi connectivity index (χ3n) is 3.52. The summed E-state index contributed by atoms with van der Waals surface area (Å²) >= 11 is 0. The molecular weight excluding hydrogens is 212 g/mol. The average molecular weight is 225 g/mol. The van der Waals surface area contributed by atoms with E-state index >= 15 is 0 Å². The maximum atomic E-state index is 13.1. The minimum atomic E-state index is -2.74. The molecule has 4 heteroatoms. The van der Waals surface area contributed by atoms with Gasteiger partial charge in [0.2, 0.25) is 0 Å². The van der Waals surface area contributed by atoms with Crippen LogP contribution in [0.1, 0.15) is 23.1 Å². The molecule has 86 valence electrons. The maximum absolute atomic E-state index is 13.1. The Labute approximate surface area is 92.4 Å². The van der Waals surface area contributed by atoms with Gasteiger partial charge in [0.1, 0.15) is 5.54 Å². The van der Waals surface area contributed by atoms with Gasteiger partial charge in [0.15, 0.2) is 0 Å². The Hall–Kier alpha value is -1.00. The molecule has 0 radical (unpaired) electrons. The highest BCUT2D eigenvalue weighted by Crippen LogP contribution is 2.57. The van der Waals surface area contributed by atoms with Crippen molar-refractivity contribution >= 4 is 0 Å². The van der Waals surface area contributed by atoms with E-state index in [1.165, 1.54) is 0 Å². The number of hydrogen-bond acceptors (Lipinski definition) is 2. The predicted octanol–water partition coefficient (Wildman–Crippen LogP) is 1.95. The minimum absolute atomic E-state index is 0.241. The van der Waals surface area contributed by atoms with E-state index in [2.05, 4.69) is 0 Å². The molecule has 1 saturated carbocycles. The zero-order chi connectivity index (χ0) is 11.4. The third-order valence-corrected chi connectivity index (χ3v) is 3.52. The van der Waals surface area contributed by atoms with Gasteiger partial charge in [0.05, 0.1) is 13.2 Å². The standard InChI is InChI=1S/C12H13F2NO/c13-12(14)7-11(12,15)10-2-1-9-6-16-4-3-8(9)5-10/h1-2,5H,3-4,6-7,15H2. The first kappa shape index (κ1) is 10.2. The van der Waals surface area contributed by atoms with Crippen molar-refractivity contribution in [1.29, 1.82) is 0 Å². The Morgan fingerprint density at radius 1 is 1.25 bits per heavy atom. The molecule has 1 fully saturated rings. The largest absolute Gasteiger partial charge is 0.376 e. The number of fused-ring (bicyclic) bond motifs is 1. The second-order valence-corrected chi connectivity index (χ2v) is 4.64. The highest BCUT2D eigenvalue weighted by Gasteiger charge is 2.69. The van der Waals surface area contributed by atoms with E-state index in [1.54, 1.807) is 6.07 Å². The van der Waals surface area contributed by atoms with Crippen LogP contribution in [0.15, 0.2) is 18.2 Å². The van der Waals surface area contributed by atoms with Gasteiger partial charge >= 0.3 is 0 Å². The van der Waals surface area contributed by atoms with E-state index in [4.69, 9.17) is 10.5 Å². The second-order valence-electron chi connectivity index (χ2n) is 4.64. The van der Waals surface area contributed by atoms with E-state index in [0.717, 1.165) is 17.5 Å². The van der Waals surface area contributed by atoms with E-state index in [-0.39, 0.29) is 6.42 Å². The summed E-state index contributed by atoms with van der Waals surface area (Å²) in [6.07, 6.45) is 0.542. The summed E-state index contributed by atoms with van der Waals surface area (Å²) in [6.45, 7) is 1.23. The van der Waals surface area contributed by atoms with Gasteiger partial charge in [-0.1, -0.05) is 18.2 Å². The van der Waals surface area contributed by atoms with Crippen molar-refractivity contribution in [3.63, 3.8) is 0 Å². The molecule has 2 nitrogen and oxygen atoms in total. The summed E-state index contributed by atoms with van der Waals surface area (Å²) in [5.74, 6) is -2.74. The van der Waals surface area contributed by atoms with Crippen molar-refractivity contribution in [3.05, 3.63) is 34.9 Å². The van der Waals surface area contributed by atoms with E-state index in [0.29, 0.717) is 18.8 Å². The Morgan fingerprint density at radius 3 is 2.69 bits per heavy atom. The lowest BCUT2D eigenvalue weighted by atomic mass is 9.96. The van der Waals surface area contributed by atoms with Gasteiger partial charge < -0.3 is 10.5 Å². The lowest BCUT2D eigenvalue weighted by molar-refractivity contribution is 0.0889. The van der Waals surface area contributed by atoms with Crippen molar-refractivity contribution in [3.8, 4) is 0 Å². The number of halogens is 2. The number of hydrogen-bond donors (Lipinski definition) is 1. The fraction of sp³-hybridized carbons (Fsp3) is 0.500. The monoisotopic (exact) mass is 225 g/mol. The average Bonchev–Trinajstić information content (AvgIpc) is 2.79. The van der Waals surface area contributed by atoms with E-state index in [1.807, 2.05) is 12.1 Å². The molecule has 0 aromatic heterocycles. The summed E-state index contributed by atoms with van der Waals surface area (Å²) in [5.41, 5.74) is 7.00. The molecule has 0 saturated heterocycles. The van der Waals surface area contributed by atoms with Crippen LogP contribution in [0, 0.1) is 0 Å².